The molecule has 0 atom stereocenters. The fourth-order valence-electron chi connectivity index (χ4n) is 4.86. The van der Waals surface area contributed by atoms with Crippen LogP contribution in [0.1, 0.15) is 41.5 Å². The second-order valence-electron chi connectivity index (χ2n) is 11.0. The van der Waals surface area contributed by atoms with Crippen molar-refractivity contribution in [3.63, 3.8) is 0 Å². The summed E-state index contributed by atoms with van der Waals surface area (Å²) >= 11 is 0. The molecule has 0 fully saturated rings. The molecule has 0 aromatic rings. The third kappa shape index (κ3) is 2.62. The smallest absolute Gasteiger partial charge is 0.186 e. The van der Waals surface area contributed by atoms with E-state index in [1.54, 1.807) is 0 Å². The molecule has 0 saturated carbocycles. The van der Waals surface area contributed by atoms with Crippen LogP contribution in [-0.2, 0) is 19.2 Å². The topological polar surface area (TPSA) is 68.3 Å². The first-order chi connectivity index (χ1) is 13.6. The van der Waals surface area contributed by atoms with Gasteiger partial charge in [0.15, 0.2) is 23.1 Å². The molecule has 4 aliphatic rings. The van der Waals surface area contributed by atoms with Crippen molar-refractivity contribution in [3.8, 4) is 0 Å². The van der Waals surface area contributed by atoms with Crippen LogP contribution in [0.2, 0.25) is 13.1 Å². The van der Waals surface area contributed by atoms with Crippen LogP contribution in [0.3, 0.4) is 0 Å². The number of Topliss-reactive ketones (excluding diaryl/α,β-unsaturated/α-hetero) is 2. The Hall–Kier alpha value is -2.19. The van der Waals surface area contributed by atoms with Crippen LogP contribution in [0.5, 0.6) is 0 Å². The van der Waals surface area contributed by atoms with Gasteiger partial charge in [0.2, 0.25) is 0 Å². The average molecular weight is 435 g/mol. The number of hydrogen-bond acceptors (Lipinski definition) is 4. The summed E-state index contributed by atoms with van der Waals surface area (Å²) in [6.45, 7) is 15.6. The molecule has 0 spiro atoms. The third-order valence-electron chi connectivity index (χ3n) is 6.35. The van der Waals surface area contributed by atoms with E-state index in [2.05, 4.69) is 0 Å². The van der Waals surface area contributed by atoms with E-state index >= 15 is 0 Å². The molecule has 4 nitrogen and oxygen atoms in total. The van der Waals surface area contributed by atoms with Gasteiger partial charge in [-0.15, -0.1) is 0 Å². The monoisotopic (exact) mass is 434 g/mol. The maximum atomic E-state index is 13.5. The Labute approximate surface area is 180 Å². The van der Waals surface area contributed by atoms with Gasteiger partial charge in [-0.05, 0) is 38.6 Å². The summed E-state index contributed by atoms with van der Waals surface area (Å²) in [7, 11) is -2.65. The largest absolute Gasteiger partial charge is 0.290 e. The lowest BCUT2D eigenvalue weighted by Crippen LogP contribution is -2.40. The predicted octanol–water partition coefficient (Wildman–Crippen LogP) is 3.56. The van der Waals surface area contributed by atoms with Gasteiger partial charge in [-0.1, -0.05) is 54.6 Å². The van der Waals surface area contributed by atoms with Crippen LogP contribution in [0.25, 0.3) is 0 Å². The van der Waals surface area contributed by atoms with Crippen LogP contribution in [0.4, 0.5) is 0 Å². The predicted molar refractivity (Wildman–Crippen MR) is 119 cm³/mol. The van der Waals surface area contributed by atoms with E-state index in [0.29, 0.717) is 32.7 Å². The van der Waals surface area contributed by atoms with Gasteiger partial charge in [0, 0.05) is 27.5 Å². The zero-order valence-electron chi connectivity index (χ0n) is 18.8. The lowest BCUT2D eigenvalue weighted by molar-refractivity contribution is -0.116. The Morgan fingerprint density at radius 1 is 0.667 bits per heavy atom. The minimum Gasteiger partial charge on any atom is -0.290 e. The number of allylic oxidation sites excluding steroid dienone is 10. The minimum atomic E-state index is -2.61. The van der Waals surface area contributed by atoms with Gasteiger partial charge >= 0.3 is 0 Å². The molecule has 2 aliphatic heterocycles. The molecule has 0 saturated heterocycles. The lowest BCUT2D eigenvalue weighted by Gasteiger charge is -2.32. The van der Waals surface area contributed by atoms with Crippen LogP contribution in [0.15, 0.2) is 55.2 Å². The summed E-state index contributed by atoms with van der Waals surface area (Å²) < 4.78 is 0. The SMILES string of the molecule is CC(C)(C)C1=CC(=O)C2=C([Si]C3=C2[Si](C)(C)C2=C3C(=O)C=C(C(C)(C)C)C2=O)C1=O. The maximum Gasteiger partial charge on any atom is 0.186 e. The summed E-state index contributed by atoms with van der Waals surface area (Å²) in [4.78, 5) is 53.2. The van der Waals surface area contributed by atoms with E-state index in [0.717, 1.165) is 10.4 Å². The molecule has 4 rings (SSSR count). The fraction of sp³-hybridized carbons (Fsp3) is 0.417. The van der Waals surface area contributed by atoms with Crippen molar-refractivity contribution in [3.05, 3.63) is 55.2 Å². The fourth-order valence-corrected chi connectivity index (χ4v) is 11.2. The van der Waals surface area contributed by atoms with Crippen molar-refractivity contribution in [1.29, 1.82) is 0 Å². The molecule has 2 radical (unpaired) electrons. The first-order valence-electron chi connectivity index (χ1n) is 10.2. The van der Waals surface area contributed by atoms with Crippen LogP contribution in [0, 0.1) is 10.8 Å². The van der Waals surface area contributed by atoms with Gasteiger partial charge < -0.3 is 0 Å². The van der Waals surface area contributed by atoms with E-state index in [1.165, 1.54) is 12.2 Å². The third-order valence-corrected chi connectivity index (χ3v) is 11.6. The number of carbonyl (C=O) groups excluding carboxylic acids is 4. The van der Waals surface area contributed by atoms with Crippen LogP contribution in [-0.4, -0.2) is 40.7 Å². The second-order valence-corrected chi connectivity index (χ2v) is 16.5. The molecule has 2 heterocycles. The average Bonchev–Trinajstić information content (AvgIpc) is 3.08. The van der Waals surface area contributed by atoms with E-state index in [1.807, 2.05) is 54.6 Å². The second kappa shape index (κ2) is 5.95. The Balaban J connectivity index is 1.85. The van der Waals surface area contributed by atoms with Gasteiger partial charge in [-0.25, -0.2) is 0 Å². The van der Waals surface area contributed by atoms with E-state index < -0.39 is 18.9 Å². The first kappa shape index (κ1) is 21.1. The van der Waals surface area contributed by atoms with Crippen molar-refractivity contribution in [2.45, 2.75) is 54.6 Å². The summed E-state index contributed by atoms with van der Waals surface area (Å²) in [5.41, 5.74) is 1.15. The molecule has 154 valence electrons. The highest BCUT2D eigenvalue weighted by Crippen LogP contribution is 2.52. The van der Waals surface area contributed by atoms with Gasteiger partial charge in [0.25, 0.3) is 0 Å². The molecule has 0 aromatic heterocycles. The van der Waals surface area contributed by atoms with Crippen molar-refractivity contribution in [2.75, 3.05) is 0 Å². The molecular weight excluding hydrogens is 408 g/mol. The molecular formula is C24H26O4Si2. The summed E-state index contributed by atoms with van der Waals surface area (Å²) in [6.07, 6.45) is 2.96. The van der Waals surface area contributed by atoms with Gasteiger partial charge in [-0.2, -0.15) is 0 Å². The van der Waals surface area contributed by atoms with E-state index in [9.17, 15) is 19.2 Å². The highest BCUT2D eigenvalue weighted by molar-refractivity contribution is 7.00. The number of fused-ring (bicyclic) bond motifs is 2. The quantitative estimate of drug-likeness (QED) is 0.432. The number of ketones is 4. The van der Waals surface area contributed by atoms with Gasteiger partial charge in [-0.3, -0.25) is 19.2 Å². The highest BCUT2D eigenvalue weighted by Gasteiger charge is 2.55. The molecule has 0 unspecified atom stereocenters. The molecule has 0 aromatic carbocycles. The van der Waals surface area contributed by atoms with Crippen LogP contribution < -0.4 is 0 Å². The maximum absolute atomic E-state index is 13.5. The molecule has 2 aliphatic carbocycles. The Bertz CT molecular complexity index is 1150. The summed E-state index contributed by atoms with van der Waals surface area (Å²) in [5.74, 6) is -0.458. The van der Waals surface area contributed by atoms with Gasteiger partial charge in [0.1, 0.15) is 17.6 Å². The zero-order valence-corrected chi connectivity index (χ0v) is 20.8. The summed E-state index contributed by atoms with van der Waals surface area (Å²) in [6, 6.07) is 0. The van der Waals surface area contributed by atoms with E-state index in [4.69, 9.17) is 0 Å². The Kier molecular flexibility index (Phi) is 4.17. The standard InChI is InChI=1S/C24H26O4Si2/c1-23(2,3)11-9-13(25)15-19(17(11)27)29-20-16-14(26)10-12(24(4,5)6)18(28)21(16)30(7,8)22(15)20/h9-10H,1-8H3. The zero-order chi connectivity index (χ0) is 22.5. The Morgan fingerprint density at radius 2 is 1.13 bits per heavy atom. The van der Waals surface area contributed by atoms with Gasteiger partial charge in [0.05, 0.1) is 0 Å². The molecule has 30 heavy (non-hydrogen) atoms. The van der Waals surface area contributed by atoms with E-state index in [-0.39, 0.29) is 32.7 Å². The molecule has 0 bridgehead atoms. The number of hydrogen-bond donors (Lipinski definition) is 0. The van der Waals surface area contributed by atoms with Crippen molar-refractivity contribution in [1.82, 2.24) is 0 Å². The van der Waals surface area contributed by atoms with Crippen molar-refractivity contribution < 1.29 is 19.2 Å². The molecule has 0 N–H and O–H groups in total. The van der Waals surface area contributed by atoms with Crippen molar-refractivity contribution >= 4 is 40.7 Å². The number of carbonyl (C=O) groups is 4. The number of rotatable bonds is 0. The Morgan fingerprint density at radius 3 is 1.63 bits per heavy atom. The molecule has 6 heteroatoms. The highest BCUT2D eigenvalue weighted by atomic mass is 28.3. The first-order valence-corrected chi connectivity index (χ1v) is 14.2. The summed E-state index contributed by atoms with van der Waals surface area (Å²) in [5, 5.41) is 2.78. The normalized spacial score (nSPS) is 23.7. The lowest BCUT2D eigenvalue weighted by atomic mass is 9.79. The minimum absolute atomic E-state index is 0.0427. The molecule has 0 amide bonds. The van der Waals surface area contributed by atoms with Crippen molar-refractivity contribution in [2.24, 2.45) is 10.8 Å². The van der Waals surface area contributed by atoms with Crippen LogP contribution >= 0.6 is 0 Å².